The highest BCUT2D eigenvalue weighted by molar-refractivity contribution is 6.00. The van der Waals surface area contributed by atoms with E-state index in [9.17, 15) is 9.59 Å². The van der Waals surface area contributed by atoms with E-state index in [1.165, 1.54) is 0 Å². The molecule has 1 aliphatic heterocycles. The molecule has 0 aliphatic carbocycles. The van der Waals surface area contributed by atoms with Crippen molar-refractivity contribution in [2.45, 2.75) is 40.5 Å². The van der Waals surface area contributed by atoms with Crippen LogP contribution in [-0.2, 0) is 9.59 Å². The third-order valence-electron chi connectivity index (χ3n) is 2.40. The van der Waals surface area contributed by atoms with Gasteiger partial charge in [-0.1, -0.05) is 46.4 Å². The zero-order valence-electron chi connectivity index (χ0n) is 11.2. The van der Waals surface area contributed by atoms with Crippen molar-refractivity contribution in [3.8, 4) is 0 Å². The molecular weight excluding hydrogens is 214 g/mol. The molecule has 96 valence electrons. The Kier molecular flexibility index (Phi) is 7.19. The first-order valence-electron chi connectivity index (χ1n) is 6.22. The number of carbonyl (C=O) groups excluding carboxylic acids is 2. The normalized spacial score (nSPS) is 20.5. The van der Waals surface area contributed by atoms with Crippen molar-refractivity contribution >= 4 is 11.8 Å². The molecule has 1 saturated heterocycles. The number of allylic oxidation sites excluding steroid dienone is 2. The first-order chi connectivity index (χ1) is 8.04. The van der Waals surface area contributed by atoms with Crippen LogP contribution in [-0.4, -0.2) is 11.8 Å². The summed E-state index contributed by atoms with van der Waals surface area (Å²) in [5, 5.41) is 2.35. The van der Waals surface area contributed by atoms with E-state index >= 15 is 0 Å². The van der Waals surface area contributed by atoms with Crippen molar-refractivity contribution < 1.29 is 9.59 Å². The summed E-state index contributed by atoms with van der Waals surface area (Å²) in [6.07, 6.45) is 4.74. The average Bonchev–Trinajstić information content (AvgIpc) is 2.29. The van der Waals surface area contributed by atoms with Gasteiger partial charge in [0.05, 0.1) is 5.92 Å². The maximum Gasteiger partial charge on any atom is 0.234 e. The standard InChI is InChI=1S/C12H17NO2.C2H6/c1-4-9(7-8(2)3)10-5-6-11(14)13-12(10)15;1-2/h4,7-8,10H,1,5-6H2,2-3H3,(H,13,14,15);1-2H3/b9-7+;. The number of amides is 2. The van der Waals surface area contributed by atoms with E-state index in [4.69, 9.17) is 0 Å². The van der Waals surface area contributed by atoms with Crippen molar-refractivity contribution in [3.05, 3.63) is 24.3 Å². The van der Waals surface area contributed by atoms with Crippen LogP contribution in [0, 0.1) is 11.8 Å². The van der Waals surface area contributed by atoms with Gasteiger partial charge in [-0.25, -0.2) is 0 Å². The lowest BCUT2D eigenvalue weighted by Gasteiger charge is -2.22. The third kappa shape index (κ3) is 4.98. The lowest BCUT2D eigenvalue weighted by atomic mass is 9.88. The smallest absolute Gasteiger partial charge is 0.234 e. The number of piperidine rings is 1. The monoisotopic (exact) mass is 237 g/mol. The number of nitrogens with one attached hydrogen (secondary N) is 1. The zero-order valence-corrected chi connectivity index (χ0v) is 11.2. The van der Waals surface area contributed by atoms with Crippen LogP contribution < -0.4 is 5.32 Å². The molecule has 1 N–H and O–H groups in total. The van der Waals surface area contributed by atoms with Gasteiger partial charge in [0.1, 0.15) is 0 Å². The van der Waals surface area contributed by atoms with Crippen LogP contribution in [0.25, 0.3) is 0 Å². The summed E-state index contributed by atoms with van der Waals surface area (Å²) in [5.41, 5.74) is 0.926. The van der Waals surface area contributed by atoms with Crippen LogP contribution in [0.15, 0.2) is 24.3 Å². The molecule has 1 fully saturated rings. The molecular formula is C14H23NO2. The SMILES string of the molecule is C=C/C(=C\C(C)C)C1CCC(=O)NC1=O.CC. The predicted molar refractivity (Wildman–Crippen MR) is 70.3 cm³/mol. The van der Waals surface area contributed by atoms with E-state index in [1.54, 1.807) is 6.08 Å². The Hall–Kier alpha value is -1.38. The second-order valence-corrected chi connectivity index (χ2v) is 4.12. The molecule has 1 heterocycles. The Labute approximate surface area is 104 Å². The molecule has 17 heavy (non-hydrogen) atoms. The van der Waals surface area contributed by atoms with Crippen molar-refractivity contribution in [3.63, 3.8) is 0 Å². The Morgan fingerprint density at radius 1 is 1.41 bits per heavy atom. The maximum atomic E-state index is 11.6. The number of carbonyl (C=O) groups is 2. The van der Waals surface area contributed by atoms with Crippen LogP contribution in [0.5, 0.6) is 0 Å². The van der Waals surface area contributed by atoms with E-state index in [0.717, 1.165) is 5.57 Å². The second kappa shape index (κ2) is 7.82. The van der Waals surface area contributed by atoms with Gasteiger partial charge in [-0.2, -0.15) is 0 Å². The molecule has 1 aliphatic rings. The van der Waals surface area contributed by atoms with E-state index in [0.29, 0.717) is 18.8 Å². The summed E-state index contributed by atoms with van der Waals surface area (Å²) < 4.78 is 0. The highest BCUT2D eigenvalue weighted by atomic mass is 16.2. The maximum absolute atomic E-state index is 11.6. The summed E-state index contributed by atoms with van der Waals surface area (Å²) in [7, 11) is 0. The molecule has 0 aromatic heterocycles. The molecule has 0 aromatic rings. The minimum atomic E-state index is -0.206. The largest absolute Gasteiger partial charge is 0.296 e. The summed E-state index contributed by atoms with van der Waals surface area (Å²) in [6.45, 7) is 11.8. The van der Waals surface area contributed by atoms with Crippen LogP contribution in [0.1, 0.15) is 40.5 Å². The number of imide groups is 1. The Balaban J connectivity index is 0.00000121. The molecule has 0 saturated carbocycles. The minimum absolute atomic E-state index is 0.177. The molecule has 2 amide bonds. The lowest BCUT2D eigenvalue weighted by molar-refractivity contribution is -0.135. The highest BCUT2D eigenvalue weighted by Crippen LogP contribution is 2.23. The van der Waals surface area contributed by atoms with Gasteiger partial charge in [-0.3, -0.25) is 14.9 Å². The van der Waals surface area contributed by atoms with Crippen LogP contribution in [0.3, 0.4) is 0 Å². The first kappa shape index (κ1) is 15.6. The number of rotatable bonds is 3. The fourth-order valence-electron chi connectivity index (χ4n) is 1.72. The van der Waals surface area contributed by atoms with E-state index in [1.807, 2.05) is 19.9 Å². The van der Waals surface area contributed by atoms with Crippen molar-refractivity contribution in [2.24, 2.45) is 11.8 Å². The molecule has 0 radical (unpaired) electrons. The molecule has 1 atom stereocenters. The Morgan fingerprint density at radius 3 is 2.41 bits per heavy atom. The van der Waals surface area contributed by atoms with E-state index < -0.39 is 0 Å². The van der Waals surface area contributed by atoms with Gasteiger partial charge in [0.2, 0.25) is 11.8 Å². The van der Waals surface area contributed by atoms with Crippen LogP contribution in [0.2, 0.25) is 0 Å². The Morgan fingerprint density at radius 2 is 2.00 bits per heavy atom. The summed E-state index contributed by atoms with van der Waals surface area (Å²) in [4.78, 5) is 22.5. The third-order valence-corrected chi connectivity index (χ3v) is 2.40. The second-order valence-electron chi connectivity index (χ2n) is 4.12. The van der Waals surface area contributed by atoms with Gasteiger partial charge in [0.25, 0.3) is 0 Å². The van der Waals surface area contributed by atoms with Gasteiger partial charge < -0.3 is 0 Å². The lowest BCUT2D eigenvalue weighted by Crippen LogP contribution is -2.41. The van der Waals surface area contributed by atoms with Gasteiger partial charge in [0.15, 0.2) is 0 Å². The summed E-state index contributed by atoms with van der Waals surface area (Å²) >= 11 is 0. The summed E-state index contributed by atoms with van der Waals surface area (Å²) in [5.74, 6) is -0.201. The van der Waals surface area contributed by atoms with Crippen LogP contribution >= 0.6 is 0 Å². The quantitative estimate of drug-likeness (QED) is 0.606. The number of hydrogen-bond acceptors (Lipinski definition) is 2. The van der Waals surface area contributed by atoms with Crippen molar-refractivity contribution in [1.82, 2.24) is 5.32 Å². The molecule has 3 nitrogen and oxygen atoms in total. The zero-order chi connectivity index (χ0) is 13.4. The van der Waals surface area contributed by atoms with Crippen LogP contribution in [0.4, 0.5) is 0 Å². The predicted octanol–water partition coefficient (Wildman–Crippen LogP) is 2.83. The highest BCUT2D eigenvalue weighted by Gasteiger charge is 2.28. The fraction of sp³-hybridized carbons (Fsp3) is 0.571. The Bertz CT molecular complexity index is 316. The molecule has 0 bridgehead atoms. The molecule has 0 spiro atoms. The molecule has 0 aromatic carbocycles. The van der Waals surface area contributed by atoms with Gasteiger partial charge in [-0.05, 0) is 17.9 Å². The van der Waals surface area contributed by atoms with E-state index in [-0.39, 0.29) is 17.7 Å². The summed E-state index contributed by atoms with van der Waals surface area (Å²) in [6, 6.07) is 0. The first-order valence-corrected chi connectivity index (χ1v) is 6.22. The molecule has 3 heteroatoms. The number of hydrogen-bond donors (Lipinski definition) is 1. The average molecular weight is 237 g/mol. The van der Waals surface area contributed by atoms with Gasteiger partial charge in [0, 0.05) is 6.42 Å². The molecule has 1 rings (SSSR count). The fourth-order valence-corrected chi connectivity index (χ4v) is 1.72. The molecule has 1 unspecified atom stereocenters. The van der Waals surface area contributed by atoms with Crippen molar-refractivity contribution in [2.75, 3.05) is 0 Å². The van der Waals surface area contributed by atoms with E-state index in [2.05, 4.69) is 25.7 Å². The minimum Gasteiger partial charge on any atom is -0.296 e. The topological polar surface area (TPSA) is 46.2 Å². The van der Waals surface area contributed by atoms with Crippen molar-refractivity contribution in [1.29, 1.82) is 0 Å². The van der Waals surface area contributed by atoms with Gasteiger partial charge in [-0.15, -0.1) is 0 Å². The van der Waals surface area contributed by atoms with Gasteiger partial charge >= 0.3 is 0 Å².